The lowest BCUT2D eigenvalue weighted by Crippen LogP contribution is -2.23. The molecular weight excluding hydrogens is 448 g/mol. The molecule has 3 aromatic carbocycles. The van der Waals surface area contributed by atoms with Crippen LogP contribution in [0.15, 0.2) is 72.8 Å². The Bertz CT molecular complexity index is 1280. The molecule has 4 rings (SSSR count). The Morgan fingerprint density at radius 2 is 1.59 bits per heavy atom. The molecule has 0 radical (unpaired) electrons. The SMILES string of the molecule is Cc1ccc(CNC(=O)c2cccc(NC(=O)c3nnc(COc4ccc(C)cc4)s3)c2)cc1. The third kappa shape index (κ3) is 6.26. The van der Waals surface area contributed by atoms with E-state index in [1.807, 2.05) is 62.4 Å². The normalized spacial score (nSPS) is 10.5. The lowest BCUT2D eigenvalue weighted by Gasteiger charge is -2.08. The van der Waals surface area contributed by atoms with Crippen molar-refractivity contribution in [3.05, 3.63) is 105 Å². The van der Waals surface area contributed by atoms with Crippen molar-refractivity contribution in [1.29, 1.82) is 0 Å². The van der Waals surface area contributed by atoms with Gasteiger partial charge in [0.1, 0.15) is 12.4 Å². The maximum Gasteiger partial charge on any atom is 0.286 e. The van der Waals surface area contributed by atoms with Crippen LogP contribution in [0.5, 0.6) is 5.75 Å². The number of hydrogen-bond donors (Lipinski definition) is 2. The molecule has 1 aromatic heterocycles. The molecule has 34 heavy (non-hydrogen) atoms. The van der Waals surface area contributed by atoms with Gasteiger partial charge in [0.15, 0.2) is 5.01 Å². The zero-order valence-electron chi connectivity index (χ0n) is 18.9. The highest BCUT2D eigenvalue weighted by Gasteiger charge is 2.15. The van der Waals surface area contributed by atoms with Crippen LogP contribution in [0.4, 0.5) is 5.69 Å². The summed E-state index contributed by atoms with van der Waals surface area (Å²) in [6.07, 6.45) is 0. The Hall–Kier alpha value is -4.04. The van der Waals surface area contributed by atoms with E-state index in [0.717, 1.165) is 28.2 Å². The molecule has 172 valence electrons. The molecule has 2 N–H and O–H groups in total. The smallest absolute Gasteiger partial charge is 0.286 e. The van der Waals surface area contributed by atoms with E-state index < -0.39 is 5.91 Å². The number of nitrogens with one attached hydrogen (secondary N) is 2. The number of ether oxygens (including phenoxy) is 1. The molecule has 2 amide bonds. The van der Waals surface area contributed by atoms with Crippen molar-refractivity contribution < 1.29 is 14.3 Å². The van der Waals surface area contributed by atoms with Gasteiger partial charge >= 0.3 is 0 Å². The topological polar surface area (TPSA) is 93.2 Å². The first-order valence-corrected chi connectivity index (χ1v) is 11.5. The van der Waals surface area contributed by atoms with E-state index in [4.69, 9.17) is 4.74 Å². The zero-order chi connectivity index (χ0) is 23.9. The minimum atomic E-state index is -0.392. The molecule has 0 unspecified atom stereocenters. The minimum Gasteiger partial charge on any atom is -0.486 e. The molecule has 0 aliphatic rings. The van der Waals surface area contributed by atoms with Gasteiger partial charge in [-0.2, -0.15) is 0 Å². The molecule has 0 aliphatic heterocycles. The summed E-state index contributed by atoms with van der Waals surface area (Å²) in [6, 6.07) is 22.4. The largest absolute Gasteiger partial charge is 0.486 e. The summed E-state index contributed by atoms with van der Waals surface area (Å²) in [5, 5.41) is 14.5. The second-order valence-corrected chi connectivity index (χ2v) is 8.87. The Kier molecular flexibility index (Phi) is 7.29. The van der Waals surface area contributed by atoms with Gasteiger partial charge in [0.2, 0.25) is 5.01 Å². The molecule has 0 atom stereocenters. The number of benzene rings is 3. The van der Waals surface area contributed by atoms with E-state index in [2.05, 4.69) is 20.8 Å². The van der Waals surface area contributed by atoms with Crippen molar-refractivity contribution >= 4 is 28.8 Å². The van der Waals surface area contributed by atoms with Crippen LogP contribution in [-0.4, -0.2) is 22.0 Å². The van der Waals surface area contributed by atoms with Crippen LogP contribution in [0.3, 0.4) is 0 Å². The standard InChI is InChI=1S/C26H24N4O3S/c1-17-6-10-19(11-7-17)15-27-24(31)20-4-3-5-21(14-20)28-25(32)26-30-29-23(34-26)16-33-22-12-8-18(2)9-13-22/h3-14H,15-16H2,1-2H3,(H,27,31)(H,28,32). The first-order chi connectivity index (χ1) is 16.5. The lowest BCUT2D eigenvalue weighted by molar-refractivity contribution is 0.0949. The van der Waals surface area contributed by atoms with Gasteiger partial charge in [-0.15, -0.1) is 10.2 Å². The molecular formula is C26H24N4O3S. The van der Waals surface area contributed by atoms with E-state index in [-0.39, 0.29) is 17.5 Å². The first-order valence-electron chi connectivity index (χ1n) is 10.7. The summed E-state index contributed by atoms with van der Waals surface area (Å²) in [4.78, 5) is 25.2. The van der Waals surface area contributed by atoms with Crippen LogP contribution in [0.2, 0.25) is 0 Å². The predicted octanol–water partition coefficient (Wildman–Crippen LogP) is 4.92. The summed E-state index contributed by atoms with van der Waals surface area (Å²) in [6.45, 7) is 4.68. The number of carbonyl (C=O) groups is 2. The minimum absolute atomic E-state index is 0.219. The number of aromatic nitrogens is 2. The lowest BCUT2D eigenvalue weighted by atomic mass is 10.1. The van der Waals surface area contributed by atoms with Crippen LogP contribution >= 0.6 is 11.3 Å². The quantitative estimate of drug-likeness (QED) is 0.380. The van der Waals surface area contributed by atoms with E-state index in [1.54, 1.807) is 24.3 Å². The summed E-state index contributed by atoms with van der Waals surface area (Å²) < 4.78 is 5.69. The summed E-state index contributed by atoms with van der Waals surface area (Å²) >= 11 is 1.16. The molecule has 8 heteroatoms. The monoisotopic (exact) mass is 472 g/mol. The van der Waals surface area contributed by atoms with Crippen molar-refractivity contribution in [2.75, 3.05) is 5.32 Å². The highest BCUT2D eigenvalue weighted by atomic mass is 32.1. The number of aryl methyl sites for hydroxylation is 2. The number of nitrogens with zero attached hydrogens (tertiary/aromatic N) is 2. The fraction of sp³-hybridized carbons (Fsp3) is 0.154. The van der Waals surface area contributed by atoms with Gasteiger partial charge in [-0.3, -0.25) is 9.59 Å². The van der Waals surface area contributed by atoms with Crippen molar-refractivity contribution in [3.63, 3.8) is 0 Å². The summed E-state index contributed by atoms with van der Waals surface area (Å²) in [5.41, 5.74) is 4.28. The second kappa shape index (κ2) is 10.7. The molecule has 0 fully saturated rings. The maximum absolute atomic E-state index is 12.6. The van der Waals surface area contributed by atoms with Crippen molar-refractivity contribution in [2.45, 2.75) is 27.0 Å². The Labute approximate surface area is 201 Å². The molecule has 0 aliphatic carbocycles. The molecule has 0 bridgehead atoms. The highest BCUT2D eigenvalue weighted by molar-refractivity contribution is 7.13. The second-order valence-electron chi connectivity index (χ2n) is 7.81. The number of amides is 2. The maximum atomic E-state index is 12.6. The Morgan fingerprint density at radius 3 is 2.32 bits per heavy atom. The fourth-order valence-corrected chi connectivity index (χ4v) is 3.74. The van der Waals surface area contributed by atoms with Crippen LogP contribution in [0.25, 0.3) is 0 Å². The molecule has 1 heterocycles. The van der Waals surface area contributed by atoms with Gasteiger partial charge in [0, 0.05) is 17.8 Å². The Balaban J connectivity index is 1.32. The van der Waals surface area contributed by atoms with Crippen LogP contribution in [-0.2, 0) is 13.2 Å². The van der Waals surface area contributed by atoms with Gasteiger partial charge in [0.25, 0.3) is 11.8 Å². The average molecular weight is 473 g/mol. The predicted molar refractivity (Wildman–Crippen MR) is 132 cm³/mol. The molecule has 0 saturated carbocycles. The van der Waals surface area contributed by atoms with Crippen molar-refractivity contribution in [3.8, 4) is 5.75 Å². The third-order valence-electron chi connectivity index (χ3n) is 5.00. The molecule has 0 saturated heterocycles. The summed E-state index contributed by atoms with van der Waals surface area (Å²) in [5.74, 6) is 0.115. The number of anilines is 1. The highest BCUT2D eigenvalue weighted by Crippen LogP contribution is 2.18. The number of carbonyl (C=O) groups excluding carboxylic acids is 2. The van der Waals surface area contributed by atoms with Crippen molar-refractivity contribution in [2.24, 2.45) is 0 Å². The summed E-state index contributed by atoms with van der Waals surface area (Å²) in [7, 11) is 0. The molecule has 4 aromatic rings. The average Bonchev–Trinajstić information content (AvgIpc) is 3.33. The van der Waals surface area contributed by atoms with E-state index in [1.165, 1.54) is 5.56 Å². The van der Waals surface area contributed by atoms with Gasteiger partial charge in [-0.1, -0.05) is 64.9 Å². The number of hydrogen-bond acceptors (Lipinski definition) is 6. The zero-order valence-corrected chi connectivity index (χ0v) is 19.7. The fourth-order valence-electron chi connectivity index (χ4n) is 3.10. The van der Waals surface area contributed by atoms with Crippen LogP contribution in [0, 0.1) is 13.8 Å². The van der Waals surface area contributed by atoms with Gasteiger partial charge in [-0.05, 0) is 49.7 Å². The molecule has 0 spiro atoms. The van der Waals surface area contributed by atoms with Crippen LogP contribution in [0.1, 0.15) is 41.9 Å². The van der Waals surface area contributed by atoms with Crippen molar-refractivity contribution in [1.82, 2.24) is 15.5 Å². The van der Waals surface area contributed by atoms with E-state index in [9.17, 15) is 9.59 Å². The molecule has 7 nitrogen and oxygen atoms in total. The first kappa shape index (κ1) is 23.1. The number of rotatable bonds is 8. The van der Waals surface area contributed by atoms with Gasteiger partial charge in [0.05, 0.1) is 0 Å². The van der Waals surface area contributed by atoms with Crippen LogP contribution < -0.4 is 15.4 Å². The van der Waals surface area contributed by atoms with Gasteiger partial charge < -0.3 is 15.4 Å². The van der Waals surface area contributed by atoms with Gasteiger partial charge in [-0.25, -0.2) is 0 Å². The Morgan fingerprint density at radius 1 is 0.882 bits per heavy atom. The van der Waals surface area contributed by atoms with E-state index >= 15 is 0 Å². The third-order valence-corrected chi connectivity index (χ3v) is 5.90. The van der Waals surface area contributed by atoms with E-state index in [0.29, 0.717) is 22.8 Å².